The molecule has 0 aliphatic heterocycles. The molecular weight excluding hydrogens is 263 g/mol. The molecule has 0 heterocycles. The molecule has 0 saturated heterocycles. The van der Waals surface area contributed by atoms with Crippen LogP contribution in [0.2, 0.25) is 0 Å². The monoisotopic (exact) mass is 281 g/mol. The SMILES string of the molecule is CC(C)CC[C@H](N)c1cccc(C(F)(F)F)c1.Cl. The van der Waals surface area contributed by atoms with E-state index in [1.165, 1.54) is 6.07 Å². The van der Waals surface area contributed by atoms with Gasteiger partial charge in [-0.15, -0.1) is 12.4 Å². The molecule has 0 spiro atoms. The molecule has 0 radical (unpaired) electrons. The molecule has 1 atom stereocenters. The van der Waals surface area contributed by atoms with Crippen molar-refractivity contribution in [2.24, 2.45) is 11.7 Å². The van der Waals surface area contributed by atoms with Crippen molar-refractivity contribution in [3.05, 3.63) is 35.4 Å². The quantitative estimate of drug-likeness (QED) is 0.860. The summed E-state index contributed by atoms with van der Waals surface area (Å²) in [6.07, 6.45) is -2.68. The van der Waals surface area contributed by atoms with Crippen LogP contribution in [-0.2, 0) is 6.18 Å². The summed E-state index contributed by atoms with van der Waals surface area (Å²) in [6.45, 7) is 4.14. The zero-order chi connectivity index (χ0) is 13.1. The molecule has 18 heavy (non-hydrogen) atoms. The van der Waals surface area contributed by atoms with Crippen LogP contribution in [-0.4, -0.2) is 0 Å². The van der Waals surface area contributed by atoms with Gasteiger partial charge in [-0.2, -0.15) is 13.2 Å². The van der Waals surface area contributed by atoms with Gasteiger partial charge in [0.2, 0.25) is 0 Å². The number of nitrogens with two attached hydrogens (primary N) is 1. The van der Waals surface area contributed by atoms with Gasteiger partial charge >= 0.3 is 6.18 Å². The Hall–Kier alpha value is -0.740. The van der Waals surface area contributed by atoms with Gasteiger partial charge in [0.25, 0.3) is 0 Å². The molecule has 0 aromatic heterocycles. The Bertz CT molecular complexity index is 363. The van der Waals surface area contributed by atoms with Crippen molar-refractivity contribution in [1.29, 1.82) is 0 Å². The van der Waals surface area contributed by atoms with Crippen molar-refractivity contribution in [3.8, 4) is 0 Å². The maximum atomic E-state index is 12.5. The number of halogens is 4. The van der Waals surface area contributed by atoms with Crippen LogP contribution >= 0.6 is 12.4 Å². The van der Waals surface area contributed by atoms with Gasteiger partial charge in [0.05, 0.1) is 5.56 Å². The lowest BCUT2D eigenvalue weighted by atomic mass is 9.97. The molecule has 1 nitrogen and oxygen atoms in total. The fourth-order valence-electron chi connectivity index (χ4n) is 1.63. The molecule has 0 saturated carbocycles. The van der Waals surface area contributed by atoms with Crippen molar-refractivity contribution in [1.82, 2.24) is 0 Å². The van der Waals surface area contributed by atoms with E-state index in [1.54, 1.807) is 6.07 Å². The summed E-state index contributed by atoms with van der Waals surface area (Å²) in [5, 5.41) is 0. The third-order valence-electron chi connectivity index (χ3n) is 2.70. The van der Waals surface area contributed by atoms with Crippen LogP contribution < -0.4 is 5.73 Å². The Morgan fingerprint density at radius 2 is 1.78 bits per heavy atom. The summed E-state index contributed by atoms with van der Waals surface area (Å²) in [4.78, 5) is 0. The highest BCUT2D eigenvalue weighted by Gasteiger charge is 2.30. The van der Waals surface area contributed by atoms with Crippen LogP contribution in [0.25, 0.3) is 0 Å². The van der Waals surface area contributed by atoms with Crippen LogP contribution in [0.3, 0.4) is 0 Å². The lowest BCUT2D eigenvalue weighted by Crippen LogP contribution is -2.13. The Labute approximate surface area is 112 Å². The van der Waals surface area contributed by atoms with Crippen LogP contribution in [0.15, 0.2) is 24.3 Å². The van der Waals surface area contributed by atoms with Gasteiger partial charge in [-0.3, -0.25) is 0 Å². The van der Waals surface area contributed by atoms with Crippen molar-refractivity contribution in [2.45, 2.75) is 38.9 Å². The van der Waals surface area contributed by atoms with Crippen LogP contribution in [0.1, 0.15) is 43.9 Å². The fourth-order valence-corrected chi connectivity index (χ4v) is 1.63. The highest BCUT2D eigenvalue weighted by atomic mass is 35.5. The highest BCUT2D eigenvalue weighted by Crippen LogP contribution is 2.31. The lowest BCUT2D eigenvalue weighted by molar-refractivity contribution is -0.137. The first-order valence-corrected chi connectivity index (χ1v) is 5.73. The molecule has 0 unspecified atom stereocenters. The molecular formula is C13H19ClF3N. The minimum absolute atomic E-state index is 0. The summed E-state index contributed by atoms with van der Waals surface area (Å²) in [7, 11) is 0. The predicted octanol–water partition coefficient (Wildman–Crippen LogP) is 4.56. The normalized spacial score (nSPS) is 13.3. The third kappa shape index (κ3) is 5.27. The third-order valence-corrected chi connectivity index (χ3v) is 2.70. The molecule has 104 valence electrons. The van der Waals surface area contributed by atoms with E-state index in [1.807, 2.05) is 0 Å². The molecule has 0 fully saturated rings. The minimum Gasteiger partial charge on any atom is -0.324 e. The zero-order valence-corrected chi connectivity index (χ0v) is 11.3. The van der Waals surface area contributed by atoms with E-state index in [-0.39, 0.29) is 18.4 Å². The molecule has 1 rings (SSSR count). The Morgan fingerprint density at radius 1 is 1.17 bits per heavy atom. The Kier molecular flexibility index (Phi) is 6.71. The van der Waals surface area contributed by atoms with Gasteiger partial charge in [-0.25, -0.2) is 0 Å². The number of rotatable bonds is 4. The molecule has 0 bridgehead atoms. The lowest BCUT2D eigenvalue weighted by Gasteiger charge is -2.15. The zero-order valence-electron chi connectivity index (χ0n) is 10.5. The molecule has 0 aliphatic carbocycles. The van der Waals surface area contributed by atoms with E-state index in [9.17, 15) is 13.2 Å². The Balaban J connectivity index is 0.00000289. The second kappa shape index (κ2) is 7.00. The number of benzene rings is 1. The predicted molar refractivity (Wildman–Crippen MR) is 69.7 cm³/mol. The number of hydrogen-bond acceptors (Lipinski definition) is 1. The molecule has 1 aromatic carbocycles. The average molecular weight is 282 g/mol. The maximum Gasteiger partial charge on any atom is 0.416 e. The number of alkyl halides is 3. The average Bonchev–Trinajstić information content (AvgIpc) is 2.25. The minimum atomic E-state index is -4.30. The van der Waals surface area contributed by atoms with Crippen molar-refractivity contribution >= 4 is 12.4 Å². The van der Waals surface area contributed by atoms with Crippen LogP contribution in [0.5, 0.6) is 0 Å². The van der Waals surface area contributed by atoms with Gasteiger partial charge in [-0.1, -0.05) is 26.0 Å². The summed E-state index contributed by atoms with van der Waals surface area (Å²) in [5.41, 5.74) is 5.81. The summed E-state index contributed by atoms with van der Waals surface area (Å²) in [6, 6.07) is 4.96. The molecule has 0 aliphatic rings. The van der Waals surface area contributed by atoms with Crippen LogP contribution in [0, 0.1) is 5.92 Å². The first-order chi connectivity index (χ1) is 7.80. The molecule has 2 N–H and O–H groups in total. The van der Waals surface area contributed by atoms with Gasteiger partial charge in [0, 0.05) is 6.04 Å². The largest absolute Gasteiger partial charge is 0.416 e. The summed E-state index contributed by atoms with van der Waals surface area (Å²) in [5.74, 6) is 0.506. The molecule has 1 aromatic rings. The van der Waals surface area contributed by atoms with E-state index < -0.39 is 11.7 Å². The maximum absolute atomic E-state index is 12.5. The summed E-state index contributed by atoms with van der Waals surface area (Å²) < 4.78 is 37.5. The smallest absolute Gasteiger partial charge is 0.324 e. The second-order valence-electron chi connectivity index (χ2n) is 4.70. The Morgan fingerprint density at radius 3 is 2.28 bits per heavy atom. The highest BCUT2D eigenvalue weighted by molar-refractivity contribution is 5.85. The van der Waals surface area contributed by atoms with Gasteiger partial charge < -0.3 is 5.73 Å². The second-order valence-corrected chi connectivity index (χ2v) is 4.70. The first-order valence-electron chi connectivity index (χ1n) is 5.73. The van der Waals surface area contributed by atoms with E-state index in [0.29, 0.717) is 17.9 Å². The van der Waals surface area contributed by atoms with E-state index >= 15 is 0 Å². The van der Waals surface area contributed by atoms with Crippen molar-refractivity contribution in [3.63, 3.8) is 0 Å². The van der Waals surface area contributed by atoms with Crippen molar-refractivity contribution < 1.29 is 13.2 Å². The number of hydrogen-bond donors (Lipinski definition) is 1. The van der Waals surface area contributed by atoms with Gasteiger partial charge in [0.15, 0.2) is 0 Å². The van der Waals surface area contributed by atoms with E-state index in [4.69, 9.17) is 5.73 Å². The fraction of sp³-hybridized carbons (Fsp3) is 0.538. The molecule has 5 heteroatoms. The van der Waals surface area contributed by atoms with E-state index in [0.717, 1.165) is 18.6 Å². The van der Waals surface area contributed by atoms with E-state index in [2.05, 4.69) is 13.8 Å². The topological polar surface area (TPSA) is 26.0 Å². The molecule has 0 amide bonds. The van der Waals surface area contributed by atoms with Gasteiger partial charge in [-0.05, 0) is 36.5 Å². The van der Waals surface area contributed by atoms with Gasteiger partial charge in [0.1, 0.15) is 0 Å². The first kappa shape index (κ1) is 17.3. The van der Waals surface area contributed by atoms with Crippen molar-refractivity contribution in [2.75, 3.05) is 0 Å². The van der Waals surface area contributed by atoms with Crippen LogP contribution in [0.4, 0.5) is 13.2 Å². The summed E-state index contributed by atoms with van der Waals surface area (Å²) >= 11 is 0. The standard InChI is InChI=1S/C13H18F3N.ClH/c1-9(2)6-7-12(17)10-4-3-5-11(8-10)13(14,15)16;/h3-5,8-9,12H,6-7,17H2,1-2H3;1H/t12-;/m0./s1.